The number of aromatic nitrogens is 1. The molecule has 2 heterocycles. The molecule has 0 aliphatic carbocycles. The molecule has 1 aromatic rings. The molecule has 0 saturated heterocycles. The lowest BCUT2D eigenvalue weighted by atomic mass is 10.1. The average molecular weight is 253 g/mol. The van der Waals surface area contributed by atoms with Crippen molar-refractivity contribution in [3.8, 4) is 6.07 Å². The van der Waals surface area contributed by atoms with E-state index < -0.39 is 0 Å². The van der Waals surface area contributed by atoms with Crippen molar-refractivity contribution >= 4 is 23.8 Å². The molecule has 5 nitrogen and oxygen atoms in total. The first kappa shape index (κ1) is 13.0. The summed E-state index contributed by atoms with van der Waals surface area (Å²) in [5.74, 6) is 0. The first-order valence-corrected chi connectivity index (χ1v) is 6.00. The van der Waals surface area contributed by atoms with Gasteiger partial charge in [-0.25, -0.2) is 9.98 Å². The van der Waals surface area contributed by atoms with Gasteiger partial charge in [-0.2, -0.15) is 5.26 Å². The number of hydrogen-bond donors (Lipinski definition) is 0. The summed E-state index contributed by atoms with van der Waals surface area (Å²) in [7, 11) is 3.76. The number of allylic oxidation sites excluding steroid dienone is 1. The van der Waals surface area contributed by atoms with Gasteiger partial charge in [-0.05, 0) is 17.7 Å². The molecule has 0 amide bonds. The lowest BCUT2D eigenvalue weighted by molar-refractivity contribution is 0.643. The van der Waals surface area contributed by atoms with Gasteiger partial charge in [-0.3, -0.25) is 4.99 Å². The van der Waals surface area contributed by atoms with Gasteiger partial charge in [0.1, 0.15) is 11.8 Å². The molecule has 0 spiro atoms. The fourth-order valence-corrected chi connectivity index (χ4v) is 1.69. The Morgan fingerprint density at radius 3 is 2.89 bits per heavy atom. The molecule has 5 heteroatoms. The summed E-state index contributed by atoms with van der Waals surface area (Å²) in [5.41, 5.74) is 2.87. The van der Waals surface area contributed by atoms with Crippen LogP contribution in [0.2, 0.25) is 0 Å². The number of dihydropyridines is 1. The summed E-state index contributed by atoms with van der Waals surface area (Å²) >= 11 is 0. The van der Waals surface area contributed by atoms with Gasteiger partial charge in [-0.15, -0.1) is 0 Å². The van der Waals surface area contributed by atoms with Crippen LogP contribution in [0.4, 0.5) is 5.69 Å². The Balaban J connectivity index is 2.31. The second-order valence-corrected chi connectivity index (χ2v) is 4.37. The lowest BCUT2D eigenvalue weighted by Crippen LogP contribution is -2.07. The summed E-state index contributed by atoms with van der Waals surface area (Å²) in [6, 6.07) is 5.82. The van der Waals surface area contributed by atoms with Crippen LogP contribution in [-0.2, 0) is 0 Å². The predicted molar refractivity (Wildman–Crippen MR) is 76.7 cm³/mol. The zero-order chi connectivity index (χ0) is 13.7. The Bertz CT molecular complexity index is 590. The molecule has 0 atom stereocenters. The van der Waals surface area contributed by atoms with Gasteiger partial charge in [0.2, 0.25) is 0 Å². The van der Waals surface area contributed by atoms with Crippen molar-refractivity contribution < 1.29 is 0 Å². The Labute approximate surface area is 112 Å². The number of nitriles is 1. The standard InChI is InChI=1S/C14H15N5/c1-19(2)10-17-13-4-3-12(18-14(13)9-15)11-5-7-16-8-6-11/h3-5,8,10H,6-7H2,1-2H3. The zero-order valence-electron chi connectivity index (χ0n) is 11.0. The predicted octanol–water partition coefficient (Wildman–Crippen LogP) is 2.03. The molecule has 1 aliphatic rings. The topological polar surface area (TPSA) is 64.6 Å². The van der Waals surface area contributed by atoms with Crippen LogP contribution >= 0.6 is 0 Å². The number of nitrogens with zero attached hydrogens (tertiary/aromatic N) is 5. The van der Waals surface area contributed by atoms with Crippen molar-refractivity contribution in [2.75, 3.05) is 20.6 Å². The van der Waals surface area contributed by atoms with Crippen LogP contribution in [0.25, 0.3) is 5.57 Å². The maximum atomic E-state index is 9.16. The normalized spacial score (nSPS) is 14.3. The number of rotatable bonds is 3. The van der Waals surface area contributed by atoms with E-state index in [1.807, 2.05) is 43.4 Å². The number of pyridine rings is 1. The molecule has 0 fully saturated rings. The summed E-state index contributed by atoms with van der Waals surface area (Å²) in [4.78, 5) is 14.6. The molecule has 0 N–H and O–H groups in total. The third kappa shape index (κ3) is 3.26. The molecule has 0 bridgehead atoms. The number of aliphatic imine (C=N–C) groups is 2. The van der Waals surface area contributed by atoms with E-state index in [9.17, 15) is 0 Å². The molecule has 0 unspecified atom stereocenters. The van der Waals surface area contributed by atoms with Crippen LogP contribution in [0.5, 0.6) is 0 Å². The highest BCUT2D eigenvalue weighted by atomic mass is 15.1. The quantitative estimate of drug-likeness (QED) is 0.611. The molecule has 96 valence electrons. The fourth-order valence-electron chi connectivity index (χ4n) is 1.69. The Kier molecular flexibility index (Phi) is 4.04. The highest BCUT2D eigenvalue weighted by Crippen LogP contribution is 2.22. The molecule has 1 aromatic heterocycles. The number of hydrogen-bond acceptors (Lipinski definition) is 4. The van der Waals surface area contributed by atoms with E-state index in [1.165, 1.54) is 0 Å². The van der Waals surface area contributed by atoms with Crippen molar-refractivity contribution in [3.05, 3.63) is 29.6 Å². The van der Waals surface area contributed by atoms with Gasteiger partial charge in [-0.1, -0.05) is 6.08 Å². The zero-order valence-corrected chi connectivity index (χ0v) is 11.0. The van der Waals surface area contributed by atoms with E-state index in [0.29, 0.717) is 17.9 Å². The highest BCUT2D eigenvalue weighted by molar-refractivity contribution is 5.80. The van der Waals surface area contributed by atoms with Crippen LogP contribution in [0.1, 0.15) is 17.8 Å². The lowest BCUT2D eigenvalue weighted by Gasteiger charge is -2.09. The van der Waals surface area contributed by atoms with Crippen molar-refractivity contribution in [1.29, 1.82) is 5.26 Å². The smallest absolute Gasteiger partial charge is 0.166 e. The second kappa shape index (κ2) is 5.91. The van der Waals surface area contributed by atoms with E-state index in [2.05, 4.69) is 21.0 Å². The maximum absolute atomic E-state index is 9.16. The molecule has 0 saturated carbocycles. The Morgan fingerprint density at radius 1 is 1.42 bits per heavy atom. The Hall–Kier alpha value is -2.48. The highest BCUT2D eigenvalue weighted by Gasteiger charge is 2.09. The van der Waals surface area contributed by atoms with Crippen molar-refractivity contribution in [2.24, 2.45) is 9.98 Å². The van der Waals surface area contributed by atoms with Crippen LogP contribution < -0.4 is 0 Å². The maximum Gasteiger partial charge on any atom is 0.166 e. The first-order valence-electron chi connectivity index (χ1n) is 6.00. The van der Waals surface area contributed by atoms with Crippen molar-refractivity contribution in [3.63, 3.8) is 0 Å². The minimum Gasteiger partial charge on any atom is -0.369 e. The van der Waals surface area contributed by atoms with Gasteiger partial charge in [0.15, 0.2) is 5.69 Å². The van der Waals surface area contributed by atoms with Crippen molar-refractivity contribution in [2.45, 2.75) is 6.42 Å². The van der Waals surface area contributed by atoms with E-state index in [0.717, 1.165) is 17.7 Å². The molecule has 0 radical (unpaired) electrons. The van der Waals surface area contributed by atoms with Crippen molar-refractivity contribution in [1.82, 2.24) is 9.88 Å². The largest absolute Gasteiger partial charge is 0.369 e. The van der Waals surface area contributed by atoms with E-state index in [4.69, 9.17) is 5.26 Å². The molecule has 2 rings (SSSR count). The van der Waals surface area contributed by atoms with Gasteiger partial charge < -0.3 is 4.90 Å². The molecule has 1 aliphatic heterocycles. The molecular weight excluding hydrogens is 238 g/mol. The summed E-state index contributed by atoms with van der Waals surface area (Å²) in [6.07, 6.45) is 6.33. The summed E-state index contributed by atoms with van der Waals surface area (Å²) in [6.45, 7) is 0.680. The summed E-state index contributed by atoms with van der Waals surface area (Å²) < 4.78 is 0. The third-order valence-electron chi connectivity index (χ3n) is 2.62. The second-order valence-electron chi connectivity index (χ2n) is 4.37. The Morgan fingerprint density at radius 2 is 2.26 bits per heavy atom. The minimum absolute atomic E-state index is 0.346. The van der Waals surface area contributed by atoms with Crippen LogP contribution in [0.15, 0.2) is 28.2 Å². The fraction of sp³-hybridized carbons (Fsp3) is 0.286. The SMILES string of the molecule is CN(C)C=Nc1ccc(C2=CCN=CC2)nc1C#N. The van der Waals surface area contributed by atoms with E-state index >= 15 is 0 Å². The summed E-state index contributed by atoms with van der Waals surface area (Å²) in [5, 5.41) is 9.16. The molecular formula is C14H15N5. The average Bonchev–Trinajstić information content (AvgIpc) is 2.45. The van der Waals surface area contributed by atoms with Gasteiger partial charge >= 0.3 is 0 Å². The van der Waals surface area contributed by atoms with Crippen LogP contribution in [0, 0.1) is 11.3 Å². The molecule has 19 heavy (non-hydrogen) atoms. The van der Waals surface area contributed by atoms with E-state index in [-0.39, 0.29) is 0 Å². The van der Waals surface area contributed by atoms with E-state index in [1.54, 1.807) is 6.34 Å². The van der Waals surface area contributed by atoms with Crippen LogP contribution in [0.3, 0.4) is 0 Å². The first-order chi connectivity index (χ1) is 9.20. The monoisotopic (exact) mass is 253 g/mol. The van der Waals surface area contributed by atoms with Gasteiger partial charge in [0, 0.05) is 26.7 Å². The molecule has 0 aromatic carbocycles. The van der Waals surface area contributed by atoms with Crippen LogP contribution in [-0.4, -0.2) is 43.1 Å². The van der Waals surface area contributed by atoms with Gasteiger partial charge in [0.25, 0.3) is 0 Å². The minimum atomic E-state index is 0.346. The third-order valence-corrected chi connectivity index (χ3v) is 2.62. The van der Waals surface area contributed by atoms with Gasteiger partial charge in [0.05, 0.1) is 18.6 Å².